The highest BCUT2D eigenvalue weighted by atomic mass is 32.2. The molecule has 124 valence electrons. The summed E-state index contributed by atoms with van der Waals surface area (Å²) in [6, 6.07) is 0. The van der Waals surface area contributed by atoms with Gasteiger partial charge in [0.05, 0.1) is 11.9 Å². The van der Waals surface area contributed by atoms with Crippen molar-refractivity contribution in [2.24, 2.45) is 5.16 Å². The van der Waals surface area contributed by atoms with E-state index in [9.17, 15) is 14.4 Å². The zero-order valence-corrected chi connectivity index (χ0v) is 13.8. The molecule has 0 radical (unpaired) electrons. The summed E-state index contributed by atoms with van der Waals surface area (Å²) in [6.07, 6.45) is 2.02. The standard InChI is InChI=1S/C13H21N3O5S/c1-4-20-9(2)15-21-8-11(17)14-5-6-16-12(18)7-10(22-3)13(16)19/h10H,4-8H2,1-3H3,(H,14,17)/b15-9-. The van der Waals surface area contributed by atoms with Gasteiger partial charge in [-0.15, -0.1) is 0 Å². The van der Waals surface area contributed by atoms with Crippen LogP contribution >= 0.6 is 11.8 Å². The molecule has 0 bridgehead atoms. The third kappa shape index (κ3) is 5.55. The Labute approximate surface area is 133 Å². The maximum Gasteiger partial charge on any atom is 0.260 e. The van der Waals surface area contributed by atoms with E-state index in [-0.39, 0.29) is 49.1 Å². The van der Waals surface area contributed by atoms with Gasteiger partial charge in [-0.1, -0.05) is 5.16 Å². The Hall–Kier alpha value is -1.77. The summed E-state index contributed by atoms with van der Waals surface area (Å²) in [5.74, 6) is -0.438. The Morgan fingerprint density at radius 2 is 2.23 bits per heavy atom. The highest BCUT2D eigenvalue weighted by Gasteiger charge is 2.37. The van der Waals surface area contributed by atoms with Gasteiger partial charge in [0.2, 0.25) is 17.7 Å². The lowest BCUT2D eigenvalue weighted by atomic mass is 10.4. The summed E-state index contributed by atoms with van der Waals surface area (Å²) < 4.78 is 5.03. The van der Waals surface area contributed by atoms with Crippen molar-refractivity contribution in [3.8, 4) is 0 Å². The normalized spacial score (nSPS) is 18.6. The third-order valence-electron chi connectivity index (χ3n) is 2.89. The molecule has 1 atom stereocenters. The number of imide groups is 1. The first-order valence-corrected chi connectivity index (χ1v) is 8.21. The molecular weight excluding hydrogens is 310 g/mol. The maximum absolute atomic E-state index is 11.8. The van der Waals surface area contributed by atoms with E-state index >= 15 is 0 Å². The molecule has 0 aromatic heterocycles. The molecule has 1 rings (SSSR count). The predicted octanol–water partition coefficient (Wildman–Crippen LogP) is -0.0204. The van der Waals surface area contributed by atoms with E-state index in [0.29, 0.717) is 12.5 Å². The number of rotatable bonds is 8. The minimum atomic E-state index is -0.381. The fourth-order valence-corrected chi connectivity index (χ4v) is 2.49. The van der Waals surface area contributed by atoms with Crippen molar-refractivity contribution >= 4 is 35.4 Å². The SMILES string of the molecule is CCO/C(C)=N\OCC(=O)NCCN1C(=O)CC(SC)C1=O. The van der Waals surface area contributed by atoms with Gasteiger partial charge in [-0.05, 0) is 13.2 Å². The number of ether oxygens (including phenoxy) is 1. The van der Waals surface area contributed by atoms with Crippen LogP contribution in [-0.4, -0.2) is 66.3 Å². The fraction of sp³-hybridized carbons (Fsp3) is 0.692. The quantitative estimate of drug-likeness (QED) is 0.290. The second kappa shape index (κ2) is 9.29. The average molecular weight is 331 g/mol. The van der Waals surface area contributed by atoms with Crippen LogP contribution in [0.3, 0.4) is 0 Å². The van der Waals surface area contributed by atoms with Crippen LogP contribution in [-0.2, 0) is 24.0 Å². The van der Waals surface area contributed by atoms with Gasteiger partial charge in [0.25, 0.3) is 5.91 Å². The number of carbonyl (C=O) groups is 3. The molecule has 1 aliphatic heterocycles. The Kier molecular flexibility index (Phi) is 7.72. The maximum atomic E-state index is 11.8. The van der Waals surface area contributed by atoms with Crippen LogP contribution in [0.15, 0.2) is 5.16 Å². The smallest absolute Gasteiger partial charge is 0.260 e. The van der Waals surface area contributed by atoms with Crippen molar-refractivity contribution in [2.45, 2.75) is 25.5 Å². The van der Waals surface area contributed by atoms with E-state index in [1.807, 2.05) is 6.92 Å². The number of carbonyl (C=O) groups excluding carboxylic acids is 3. The first-order chi connectivity index (χ1) is 10.5. The van der Waals surface area contributed by atoms with Crippen molar-refractivity contribution in [3.63, 3.8) is 0 Å². The molecule has 1 saturated heterocycles. The van der Waals surface area contributed by atoms with Gasteiger partial charge in [0.15, 0.2) is 6.61 Å². The number of hydrogen-bond acceptors (Lipinski definition) is 7. The Bertz CT molecular complexity index is 455. The average Bonchev–Trinajstić information content (AvgIpc) is 2.74. The largest absolute Gasteiger partial charge is 0.479 e. The Morgan fingerprint density at radius 1 is 1.50 bits per heavy atom. The zero-order valence-electron chi connectivity index (χ0n) is 13.0. The van der Waals surface area contributed by atoms with Gasteiger partial charge in [-0.25, -0.2) is 0 Å². The van der Waals surface area contributed by atoms with E-state index in [4.69, 9.17) is 9.57 Å². The van der Waals surface area contributed by atoms with E-state index < -0.39 is 0 Å². The summed E-state index contributed by atoms with van der Waals surface area (Å²) in [5.41, 5.74) is 0. The molecule has 0 aromatic rings. The summed E-state index contributed by atoms with van der Waals surface area (Å²) in [7, 11) is 0. The number of nitrogens with zero attached hydrogens (tertiary/aromatic N) is 2. The predicted molar refractivity (Wildman–Crippen MR) is 82.3 cm³/mol. The molecule has 1 fully saturated rings. The molecule has 0 saturated carbocycles. The first kappa shape index (κ1) is 18.3. The third-order valence-corrected chi connectivity index (χ3v) is 3.82. The molecule has 1 aliphatic rings. The van der Waals surface area contributed by atoms with Crippen LogP contribution in [0.25, 0.3) is 0 Å². The fourth-order valence-electron chi connectivity index (χ4n) is 1.85. The van der Waals surface area contributed by atoms with E-state index in [0.717, 1.165) is 0 Å². The first-order valence-electron chi connectivity index (χ1n) is 6.92. The summed E-state index contributed by atoms with van der Waals surface area (Å²) in [5, 5.41) is 5.86. The zero-order chi connectivity index (χ0) is 16.5. The topological polar surface area (TPSA) is 97.3 Å². The van der Waals surface area contributed by atoms with E-state index in [1.54, 1.807) is 13.2 Å². The number of nitrogens with one attached hydrogen (secondary N) is 1. The van der Waals surface area contributed by atoms with Crippen molar-refractivity contribution in [1.82, 2.24) is 10.2 Å². The van der Waals surface area contributed by atoms with Gasteiger partial charge in [0.1, 0.15) is 0 Å². The Balaban J connectivity index is 2.24. The number of amides is 3. The van der Waals surface area contributed by atoms with E-state index in [1.165, 1.54) is 16.7 Å². The van der Waals surface area contributed by atoms with Crippen LogP contribution in [0.5, 0.6) is 0 Å². The van der Waals surface area contributed by atoms with Gasteiger partial charge < -0.3 is 14.9 Å². The van der Waals surface area contributed by atoms with Crippen LogP contribution < -0.4 is 5.32 Å². The lowest BCUT2D eigenvalue weighted by molar-refractivity contribution is -0.138. The molecule has 8 nitrogen and oxygen atoms in total. The number of oxime groups is 1. The van der Waals surface area contributed by atoms with Crippen LogP contribution in [0.2, 0.25) is 0 Å². The van der Waals surface area contributed by atoms with E-state index in [2.05, 4.69) is 10.5 Å². The summed E-state index contributed by atoms with van der Waals surface area (Å²) in [4.78, 5) is 41.0. The number of thioether (sulfide) groups is 1. The Morgan fingerprint density at radius 3 is 2.82 bits per heavy atom. The highest BCUT2D eigenvalue weighted by Crippen LogP contribution is 2.22. The molecule has 0 aromatic carbocycles. The minimum absolute atomic E-state index is 0.168. The molecule has 9 heteroatoms. The van der Waals surface area contributed by atoms with Crippen LogP contribution in [0.1, 0.15) is 20.3 Å². The molecule has 1 N–H and O–H groups in total. The van der Waals surface area contributed by atoms with Gasteiger partial charge in [0, 0.05) is 26.4 Å². The molecular formula is C13H21N3O5S. The van der Waals surface area contributed by atoms with Crippen molar-refractivity contribution < 1.29 is 24.0 Å². The number of hydrogen-bond donors (Lipinski definition) is 1. The van der Waals surface area contributed by atoms with Gasteiger partial charge >= 0.3 is 0 Å². The van der Waals surface area contributed by atoms with Gasteiger partial charge in [-0.2, -0.15) is 11.8 Å². The second-order valence-electron chi connectivity index (χ2n) is 4.48. The monoisotopic (exact) mass is 331 g/mol. The molecule has 3 amide bonds. The van der Waals surface area contributed by atoms with Crippen molar-refractivity contribution in [2.75, 3.05) is 32.6 Å². The summed E-state index contributed by atoms with van der Waals surface area (Å²) in [6.45, 7) is 4.01. The molecule has 0 aliphatic carbocycles. The van der Waals surface area contributed by atoms with Crippen LogP contribution in [0, 0.1) is 0 Å². The molecule has 1 unspecified atom stereocenters. The second-order valence-corrected chi connectivity index (χ2v) is 5.52. The lowest BCUT2D eigenvalue weighted by Crippen LogP contribution is -2.39. The highest BCUT2D eigenvalue weighted by molar-refractivity contribution is 8.00. The van der Waals surface area contributed by atoms with Crippen molar-refractivity contribution in [3.05, 3.63) is 0 Å². The minimum Gasteiger partial charge on any atom is -0.479 e. The van der Waals surface area contributed by atoms with Gasteiger partial charge in [-0.3, -0.25) is 19.3 Å². The number of likely N-dealkylation sites (tertiary alicyclic amines) is 1. The molecule has 0 spiro atoms. The molecule has 22 heavy (non-hydrogen) atoms. The molecule has 1 heterocycles. The summed E-state index contributed by atoms with van der Waals surface area (Å²) >= 11 is 1.36. The lowest BCUT2D eigenvalue weighted by Gasteiger charge is -2.14. The van der Waals surface area contributed by atoms with Crippen molar-refractivity contribution in [1.29, 1.82) is 0 Å². The van der Waals surface area contributed by atoms with Crippen LogP contribution in [0.4, 0.5) is 0 Å².